The number of aromatic nitrogens is 3. The van der Waals surface area contributed by atoms with E-state index in [0.717, 1.165) is 39.8 Å². The second-order valence-corrected chi connectivity index (χ2v) is 9.35. The highest BCUT2D eigenvalue weighted by Crippen LogP contribution is 2.18. The molecule has 174 valence electrons. The first-order valence-electron chi connectivity index (χ1n) is 11.3. The Balaban J connectivity index is 1.74. The Labute approximate surface area is 203 Å². The van der Waals surface area contributed by atoms with Crippen LogP contribution in [0.1, 0.15) is 43.7 Å². The number of hydrogen-bond donors (Lipinski definition) is 0. The van der Waals surface area contributed by atoms with Gasteiger partial charge in [-0.25, -0.2) is 4.98 Å². The number of hydrogen-bond acceptors (Lipinski definition) is 5. The molecule has 3 heterocycles. The number of thiazole rings is 1. The number of carbonyl (C=O) groups excluding carboxylic acids is 1. The van der Waals surface area contributed by atoms with Gasteiger partial charge in [-0.1, -0.05) is 36.4 Å². The number of aryl methyl sites for hydroxylation is 3. The van der Waals surface area contributed by atoms with Crippen LogP contribution in [0.15, 0.2) is 71.0 Å². The Bertz CT molecular complexity index is 1330. The molecule has 0 bridgehead atoms. The lowest BCUT2D eigenvalue weighted by atomic mass is 10.0. The van der Waals surface area contributed by atoms with Crippen LogP contribution in [0.5, 0.6) is 0 Å². The largest absolute Gasteiger partial charge is 0.342 e. The van der Waals surface area contributed by atoms with Crippen LogP contribution in [0, 0.1) is 13.8 Å². The van der Waals surface area contributed by atoms with Crippen molar-refractivity contribution in [1.29, 1.82) is 0 Å². The van der Waals surface area contributed by atoms with Crippen molar-refractivity contribution in [1.82, 2.24) is 19.4 Å². The lowest BCUT2D eigenvalue weighted by Gasteiger charge is -2.23. The molecule has 0 spiro atoms. The van der Waals surface area contributed by atoms with E-state index < -0.39 is 0 Å². The van der Waals surface area contributed by atoms with E-state index >= 15 is 0 Å². The standard InChI is InChI=1S/C27H28N4O2S/c1-19-18-34-25(29-19)17-30(3)27(33)26-23(13-12-21-9-5-4-6-10-21)31(20(2)15-24(26)32)16-22-11-7-8-14-28-22/h4-11,14-15,18H,12-13,16-17H2,1-3H3. The average molecular weight is 473 g/mol. The normalized spacial score (nSPS) is 10.9. The van der Waals surface area contributed by atoms with Gasteiger partial charge >= 0.3 is 0 Å². The first kappa shape index (κ1) is 23.6. The van der Waals surface area contributed by atoms with Gasteiger partial charge < -0.3 is 9.47 Å². The van der Waals surface area contributed by atoms with Crippen LogP contribution >= 0.6 is 11.3 Å². The summed E-state index contributed by atoms with van der Waals surface area (Å²) in [6.07, 6.45) is 3.05. The topological polar surface area (TPSA) is 68.1 Å². The second-order valence-electron chi connectivity index (χ2n) is 8.41. The number of amides is 1. The fourth-order valence-electron chi connectivity index (χ4n) is 4.04. The minimum Gasteiger partial charge on any atom is -0.342 e. The maximum absolute atomic E-state index is 13.6. The third-order valence-corrected chi connectivity index (χ3v) is 6.72. The molecule has 0 saturated carbocycles. The minimum absolute atomic E-state index is 0.230. The van der Waals surface area contributed by atoms with Crippen molar-refractivity contribution in [3.8, 4) is 0 Å². The zero-order valence-electron chi connectivity index (χ0n) is 19.7. The predicted octanol–water partition coefficient (Wildman–Crippen LogP) is 4.42. The highest BCUT2D eigenvalue weighted by Gasteiger charge is 2.24. The minimum atomic E-state index is -0.282. The summed E-state index contributed by atoms with van der Waals surface area (Å²) in [6.45, 7) is 4.70. The fourth-order valence-corrected chi connectivity index (χ4v) is 4.86. The average Bonchev–Trinajstić information content (AvgIpc) is 3.25. The molecule has 0 N–H and O–H groups in total. The van der Waals surface area contributed by atoms with Gasteiger partial charge in [0.1, 0.15) is 10.6 Å². The van der Waals surface area contributed by atoms with Gasteiger partial charge in [-0.2, -0.15) is 0 Å². The monoisotopic (exact) mass is 472 g/mol. The molecule has 0 fully saturated rings. The van der Waals surface area contributed by atoms with Gasteiger partial charge in [0.2, 0.25) is 0 Å². The van der Waals surface area contributed by atoms with Crippen molar-refractivity contribution >= 4 is 17.2 Å². The molecule has 34 heavy (non-hydrogen) atoms. The third kappa shape index (κ3) is 5.48. The summed E-state index contributed by atoms with van der Waals surface area (Å²) in [5, 5.41) is 2.81. The molecule has 0 radical (unpaired) electrons. The van der Waals surface area contributed by atoms with Crippen molar-refractivity contribution in [2.75, 3.05) is 7.05 Å². The number of pyridine rings is 2. The van der Waals surface area contributed by atoms with Crippen molar-refractivity contribution in [3.05, 3.63) is 115 Å². The van der Waals surface area contributed by atoms with Crippen LogP contribution in [-0.2, 0) is 25.9 Å². The molecule has 0 unspecified atom stereocenters. The summed E-state index contributed by atoms with van der Waals surface area (Å²) < 4.78 is 2.06. The van der Waals surface area contributed by atoms with Crippen molar-refractivity contribution in [2.45, 2.75) is 39.8 Å². The molecule has 1 aromatic carbocycles. The molecule has 0 aliphatic rings. The Morgan fingerprint density at radius 1 is 1.06 bits per heavy atom. The molecule has 4 aromatic rings. The molecule has 0 saturated heterocycles. The van der Waals surface area contributed by atoms with Crippen molar-refractivity contribution in [2.24, 2.45) is 0 Å². The van der Waals surface area contributed by atoms with E-state index in [2.05, 4.69) is 26.7 Å². The van der Waals surface area contributed by atoms with E-state index in [1.807, 2.05) is 55.6 Å². The van der Waals surface area contributed by atoms with E-state index in [4.69, 9.17) is 0 Å². The van der Waals surface area contributed by atoms with Crippen LogP contribution < -0.4 is 5.43 Å². The van der Waals surface area contributed by atoms with E-state index in [-0.39, 0.29) is 16.9 Å². The number of benzene rings is 1. The molecule has 1 amide bonds. The Kier molecular flexibility index (Phi) is 7.33. The van der Waals surface area contributed by atoms with Gasteiger partial charge in [-0.3, -0.25) is 14.6 Å². The van der Waals surface area contributed by atoms with Crippen LogP contribution in [-0.4, -0.2) is 32.4 Å². The molecular weight excluding hydrogens is 444 g/mol. The molecule has 4 rings (SSSR count). The highest BCUT2D eigenvalue weighted by molar-refractivity contribution is 7.09. The molecule has 0 aliphatic carbocycles. The van der Waals surface area contributed by atoms with E-state index in [1.54, 1.807) is 24.2 Å². The molecule has 6 nitrogen and oxygen atoms in total. The number of rotatable bonds is 8. The fraction of sp³-hybridized carbons (Fsp3) is 0.259. The molecule has 7 heteroatoms. The maximum atomic E-state index is 13.6. The van der Waals surface area contributed by atoms with E-state index in [1.165, 1.54) is 11.3 Å². The molecule has 0 aliphatic heterocycles. The van der Waals surface area contributed by atoms with Gasteiger partial charge in [0.15, 0.2) is 5.43 Å². The summed E-state index contributed by atoms with van der Waals surface area (Å²) in [5.41, 5.74) is 4.50. The summed E-state index contributed by atoms with van der Waals surface area (Å²) in [4.78, 5) is 37.3. The zero-order valence-corrected chi connectivity index (χ0v) is 20.5. The van der Waals surface area contributed by atoms with Crippen LogP contribution in [0.2, 0.25) is 0 Å². The number of carbonyl (C=O) groups is 1. The second kappa shape index (κ2) is 10.6. The summed E-state index contributed by atoms with van der Waals surface area (Å²) in [5.74, 6) is -0.282. The summed E-state index contributed by atoms with van der Waals surface area (Å²) in [6, 6.07) is 17.5. The lowest BCUT2D eigenvalue weighted by molar-refractivity contribution is 0.0781. The van der Waals surface area contributed by atoms with Gasteiger partial charge in [-0.15, -0.1) is 11.3 Å². The van der Waals surface area contributed by atoms with Gasteiger partial charge in [0, 0.05) is 41.8 Å². The Hall–Kier alpha value is -3.58. The van der Waals surface area contributed by atoms with Crippen molar-refractivity contribution in [3.63, 3.8) is 0 Å². The zero-order chi connectivity index (χ0) is 24.1. The van der Waals surface area contributed by atoms with Crippen molar-refractivity contribution < 1.29 is 4.79 Å². The lowest BCUT2D eigenvalue weighted by Crippen LogP contribution is -2.34. The predicted molar refractivity (Wildman–Crippen MR) is 135 cm³/mol. The van der Waals surface area contributed by atoms with E-state index in [0.29, 0.717) is 19.5 Å². The SMILES string of the molecule is Cc1csc(CN(C)C(=O)c2c(CCc3ccccc3)n(Cc3ccccn3)c(C)cc2=O)n1. The molecular formula is C27H28N4O2S. The highest BCUT2D eigenvalue weighted by atomic mass is 32.1. The van der Waals surface area contributed by atoms with E-state index in [9.17, 15) is 9.59 Å². The smallest absolute Gasteiger partial charge is 0.259 e. The van der Waals surface area contributed by atoms with Gasteiger partial charge in [0.05, 0.1) is 18.8 Å². The summed E-state index contributed by atoms with van der Waals surface area (Å²) in [7, 11) is 1.72. The Morgan fingerprint density at radius 2 is 1.82 bits per heavy atom. The summed E-state index contributed by atoms with van der Waals surface area (Å²) >= 11 is 1.52. The first-order chi connectivity index (χ1) is 16.4. The van der Waals surface area contributed by atoms with Crippen LogP contribution in [0.25, 0.3) is 0 Å². The number of nitrogens with zero attached hydrogens (tertiary/aromatic N) is 4. The van der Waals surface area contributed by atoms with Crippen LogP contribution in [0.3, 0.4) is 0 Å². The third-order valence-electron chi connectivity index (χ3n) is 5.77. The first-order valence-corrected chi connectivity index (χ1v) is 12.1. The maximum Gasteiger partial charge on any atom is 0.259 e. The van der Waals surface area contributed by atoms with Crippen LogP contribution in [0.4, 0.5) is 0 Å². The van der Waals surface area contributed by atoms with Gasteiger partial charge in [0.25, 0.3) is 5.91 Å². The van der Waals surface area contributed by atoms with Gasteiger partial charge in [-0.05, 0) is 44.4 Å². The molecule has 3 aromatic heterocycles. The quantitative estimate of drug-likeness (QED) is 0.381. The molecule has 0 atom stereocenters. The Morgan fingerprint density at radius 3 is 2.50 bits per heavy atom.